The highest BCUT2D eigenvalue weighted by molar-refractivity contribution is 14.1. The molecule has 5 heteroatoms. The third-order valence-corrected chi connectivity index (χ3v) is 3.11. The van der Waals surface area contributed by atoms with Gasteiger partial charge < -0.3 is 4.90 Å². The highest BCUT2D eigenvalue weighted by atomic mass is 127. The van der Waals surface area contributed by atoms with E-state index in [2.05, 4.69) is 22.6 Å². The number of halogens is 1. The van der Waals surface area contributed by atoms with Crippen molar-refractivity contribution in [2.24, 2.45) is 0 Å². The van der Waals surface area contributed by atoms with Crippen LogP contribution in [0.2, 0.25) is 0 Å². The van der Waals surface area contributed by atoms with E-state index in [9.17, 15) is 4.79 Å². The van der Waals surface area contributed by atoms with Crippen molar-refractivity contribution in [3.8, 4) is 5.75 Å². The normalized spacial score (nSPS) is 14.9. The minimum atomic E-state index is -0.406. The molecule has 0 aliphatic carbocycles. The van der Waals surface area contributed by atoms with Gasteiger partial charge in [-0.1, -0.05) is 0 Å². The van der Waals surface area contributed by atoms with Crippen molar-refractivity contribution in [3.63, 3.8) is 0 Å². The average molecular weight is 333 g/mol. The molecule has 1 fully saturated rings. The topological polar surface area (TPSA) is 38.8 Å². The Morgan fingerprint density at radius 3 is 2.44 bits per heavy atom. The Morgan fingerprint density at radius 2 is 1.81 bits per heavy atom. The lowest BCUT2D eigenvalue weighted by atomic mass is 10.3. The number of nitrogens with zero attached hydrogens (tertiary/aromatic N) is 1. The number of carbonyl (C=O) groups is 1. The molecule has 0 radical (unpaired) electrons. The number of carbonyl (C=O) groups excluding carboxylic acids is 1. The van der Waals surface area contributed by atoms with Gasteiger partial charge in [-0.25, -0.2) is 9.68 Å². The number of rotatable bonds is 2. The largest absolute Gasteiger partial charge is 0.452 e. The second-order valence-corrected chi connectivity index (χ2v) is 4.83. The second-order valence-electron chi connectivity index (χ2n) is 3.58. The summed E-state index contributed by atoms with van der Waals surface area (Å²) in [6.07, 6.45) is 1.67. The standard InChI is InChI=1S/C11H12INO3/c12-9-3-5-10(6-4-9)15-16-11(14)13-7-1-2-8-13/h3-6H,1-2,7-8H2. The second kappa shape index (κ2) is 5.38. The molecule has 1 aliphatic rings. The van der Waals surface area contributed by atoms with Gasteiger partial charge in [-0.2, -0.15) is 0 Å². The summed E-state index contributed by atoms with van der Waals surface area (Å²) in [4.78, 5) is 22.8. The summed E-state index contributed by atoms with van der Waals surface area (Å²) in [7, 11) is 0. The molecule has 1 saturated heterocycles. The number of benzene rings is 1. The monoisotopic (exact) mass is 333 g/mol. The van der Waals surface area contributed by atoms with E-state index < -0.39 is 6.09 Å². The van der Waals surface area contributed by atoms with Gasteiger partial charge in [-0.05, 0) is 59.7 Å². The minimum Gasteiger partial charge on any atom is -0.305 e. The molecule has 0 bridgehead atoms. The minimum absolute atomic E-state index is 0.406. The van der Waals surface area contributed by atoms with E-state index in [1.807, 2.05) is 12.1 Å². The molecule has 2 rings (SSSR count). The summed E-state index contributed by atoms with van der Waals surface area (Å²) in [5.74, 6) is 0.535. The van der Waals surface area contributed by atoms with E-state index in [4.69, 9.17) is 9.78 Å². The van der Waals surface area contributed by atoms with Gasteiger partial charge in [0.15, 0.2) is 5.75 Å². The molecule has 1 heterocycles. The lowest BCUT2D eigenvalue weighted by Crippen LogP contribution is -2.29. The molecule has 1 amide bonds. The van der Waals surface area contributed by atoms with Crippen molar-refractivity contribution in [2.45, 2.75) is 12.8 Å². The van der Waals surface area contributed by atoms with Crippen LogP contribution in [0.5, 0.6) is 5.75 Å². The first-order chi connectivity index (χ1) is 7.75. The Morgan fingerprint density at radius 1 is 1.19 bits per heavy atom. The summed E-state index contributed by atoms with van der Waals surface area (Å²) < 4.78 is 1.11. The fraction of sp³-hybridized carbons (Fsp3) is 0.364. The Bertz CT molecular complexity index is 360. The SMILES string of the molecule is O=C(OOc1ccc(I)cc1)N1CCCC1. The summed E-state index contributed by atoms with van der Waals surface area (Å²) in [5, 5.41) is 0. The highest BCUT2D eigenvalue weighted by Gasteiger charge is 2.20. The molecule has 16 heavy (non-hydrogen) atoms. The summed E-state index contributed by atoms with van der Waals surface area (Å²) >= 11 is 2.20. The van der Waals surface area contributed by atoms with Gasteiger partial charge in [0.25, 0.3) is 0 Å². The quantitative estimate of drug-likeness (QED) is 0.475. The third-order valence-electron chi connectivity index (χ3n) is 2.39. The van der Waals surface area contributed by atoms with Crippen molar-refractivity contribution in [3.05, 3.63) is 27.8 Å². The van der Waals surface area contributed by atoms with Gasteiger partial charge in [-0.3, -0.25) is 4.89 Å². The van der Waals surface area contributed by atoms with Crippen molar-refractivity contribution in [2.75, 3.05) is 13.1 Å². The molecule has 0 atom stereocenters. The fourth-order valence-electron chi connectivity index (χ4n) is 1.53. The van der Waals surface area contributed by atoms with Gasteiger partial charge in [0.2, 0.25) is 0 Å². The molecular weight excluding hydrogens is 321 g/mol. The van der Waals surface area contributed by atoms with Crippen molar-refractivity contribution < 1.29 is 14.6 Å². The van der Waals surface area contributed by atoms with Crippen LogP contribution in [-0.4, -0.2) is 24.1 Å². The predicted molar refractivity (Wildman–Crippen MR) is 67.1 cm³/mol. The first-order valence-corrected chi connectivity index (χ1v) is 6.22. The van der Waals surface area contributed by atoms with Crippen molar-refractivity contribution in [1.82, 2.24) is 4.90 Å². The maximum atomic E-state index is 11.5. The Hall–Kier alpha value is -0.980. The molecule has 1 aromatic rings. The Labute approximate surface area is 108 Å². The van der Waals surface area contributed by atoms with Gasteiger partial charge in [0, 0.05) is 16.7 Å². The fourth-order valence-corrected chi connectivity index (χ4v) is 1.89. The smallest absolute Gasteiger partial charge is 0.305 e. The summed E-state index contributed by atoms with van der Waals surface area (Å²) in [6, 6.07) is 7.30. The summed E-state index contributed by atoms with van der Waals surface area (Å²) in [5.41, 5.74) is 0. The molecule has 0 spiro atoms. The first kappa shape index (κ1) is 11.5. The van der Waals surface area contributed by atoms with Gasteiger partial charge in [0.05, 0.1) is 0 Å². The molecule has 0 saturated carbocycles. The van der Waals surface area contributed by atoms with Gasteiger partial charge in [-0.15, -0.1) is 0 Å². The molecule has 0 aromatic heterocycles. The molecule has 0 N–H and O–H groups in total. The van der Waals surface area contributed by atoms with Crippen LogP contribution in [0, 0.1) is 3.57 Å². The maximum Gasteiger partial charge on any atom is 0.452 e. The van der Waals surface area contributed by atoms with Crippen LogP contribution in [0.3, 0.4) is 0 Å². The lowest BCUT2D eigenvalue weighted by molar-refractivity contribution is -0.152. The molecular formula is C11H12INO3. The van der Waals surface area contributed by atoms with E-state index in [1.165, 1.54) is 0 Å². The van der Waals surface area contributed by atoms with Crippen molar-refractivity contribution >= 4 is 28.7 Å². The first-order valence-electron chi connectivity index (χ1n) is 5.15. The molecule has 0 unspecified atom stereocenters. The maximum absolute atomic E-state index is 11.5. The Balaban J connectivity index is 1.82. The number of likely N-dealkylation sites (tertiary alicyclic amines) is 1. The molecule has 4 nitrogen and oxygen atoms in total. The van der Waals surface area contributed by atoms with Crippen LogP contribution in [0.25, 0.3) is 0 Å². The van der Waals surface area contributed by atoms with Crippen LogP contribution in [0.4, 0.5) is 4.79 Å². The highest BCUT2D eigenvalue weighted by Crippen LogP contribution is 2.15. The van der Waals surface area contributed by atoms with E-state index in [0.29, 0.717) is 5.75 Å². The molecule has 86 valence electrons. The number of hydrogen-bond acceptors (Lipinski definition) is 3. The van der Waals surface area contributed by atoms with Crippen LogP contribution in [0.1, 0.15) is 12.8 Å². The zero-order valence-corrected chi connectivity index (χ0v) is 10.8. The van der Waals surface area contributed by atoms with Gasteiger partial charge >= 0.3 is 6.09 Å². The van der Waals surface area contributed by atoms with E-state index in [1.54, 1.807) is 17.0 Å². The van der Waals surface area contributed by atoms with Crippen LogP contribution in [-0.2, 0) is 4.89 Å². The zero-order chi connectivity index (χ0) is 11.4. The Kier molecular flexibility index (Phi) is 3.87. The van der Waals surface area contributed by atoms with E-state index >= 15 is 0 Å². The van der Waals surface area contributed by atoms with Crippen LogP contribution >= 0.6 is 22.6 Å². The van der Waals surface area contributed by atoms with Crippen LogP contribution in [0.15, 0.2) is 24.3 Å². The van der Waals surface area contributed by atoms with Crippen molar-refractivity contribution in [1.29, 1.82) is 0 Å². The number of amides is 1. The zero-order valence-electron chi connectivity index (χ0n) is 8.69. The predicted octanol–water partition coefficient (Wildman–Crippen LogP) is 2.82. The average Bonchev–Trinajstić information content (AvgIpc) is 2.81. The van der Waals surface area contributed by atoms with E-state index in [-0.39, 0.29) is 0 Å². The summed E-state index contributed by atoms with van der Waals surface area (Å²) in [6.45, 7) is 1.52. The third kappa shape index (κ3) is 3.01. The van der Waals surface area contributed by atoms with E-state index in [0.717, 1.165) is 29.5 Å². The number of hydrogen-bond donors (Lipinski definition) is 0. The van der Waals surface area contributed by atoms with Gasteiger partial charge in [0.1, 0.15) is 0 Å². The van der Waals surface area contributed by atoms with Crippen LogP contribution < -0.4 is 4.89 Å². The molecule has 1 aliphatic heterocycles. The molecule has 1 aromatic carbocycles. The lowest BCUT2D eigenvalue weighted by Gasteiger charge is -2.13.